The van der Waals surface area contributed by atoms with Gasteiger partial charge in [-0.15, -0.1) is 0 Å². The highest BCUT2D eigenvalue weighted by Crippen LogP contribution is 2.27. The lowest BCUT2D eigenvalue weighted by Crippen LogP contribution is -2.28. The van der Waals surface area contributed by atoms with E-state index in [4.69, 9.17) is 19.9 Å². The third-order valence-corrected chi connectivity index (χ3v) is 3.25. The molecule has 1 rings (SSSR count). The van der Waals surface area contributed by atoms with E-state index < -0.39 is 0 Å². The summed E-state index contributed by atoms with van der Waals surface area (Å²) in [6, 6.07) is 5.40. The molecule has 22 heavy (non-hydrogen) atoms. The minimum Gasteiger partial charge on any atom is -0.496 e. The predicted octanol–water partition coefficient (Wildman–Crippen LogP) is 1.67. The van der Waals surface area contributed by atoms with Crippen LogP contribution in [0.3, 0.4) is 0 Å². The zero-order chi connectivity index (χ0) is 16.4. The third kappa shape index (κ3) is 6.22. The summed E-state index contributed by atoms with van der Waals surface area (Å²) in [6.07, 6.45) is 1.98. The van der Waals surface area contributed by atoms with Crippen molar-refractivity contribution in [3.63, 3.8) is 0 Å². The van der Waals surface area contributed by atoms with Crippen molar-refractivity contribution in [2.75, 3.05) is 41.0 Å². The lowest BCUT2D eigenvalue weighted by Gasteiger charge is -2.17. The molecule has 6 nitrogen and oxygen atoms in total. The minimum absolute atomic E-state index is 0.119. The van der Waals surface area contributed by atoms with Gasteiger partial charge in [0.15, 0.2) is 0 Å². The topological polar surface area (TPSA) is 74.0 Å². The first kappa shape index (κ1) is 18.1. The number of hydrogen-bond donors (Lipinski definition) is 1. The Kier molecular flexibility index (Phi) is 8.14. The molecule has 0 saturated carbocycles. The van der Waals surface area contributed by atoms with Crippen molar-refractivity contribution in [1.82, 2.24) is 4.90 Å². The molecule has 0 aliphatic carbocycles. The van der Waals surface area contributed by atoms with Crippen LogP contribution in [-0.4, -0.2) is 51.8 Å². The highest BCUT2D eigenvalue weighted by atomic mass is 16.5. The highest BCUT2D eigenvalue weighted by Gasteiger charge is 2.08. The van der Waals surface area contributed by atoms with Crippen LogP contribution in [0.1, 0.15) is 19.3 Å². The maximum Gasteiger partial charge on any atom is 0.222 e. The summed E-state index contributed by atoms with van der Waals surface area (Å²) < 4.78 is 16.1. The first-order chi connectivity index (χ1) is 10.6. The number of benzene rings is 1. The number of methoxy groups -OCH3 is 2. The molecular formula is C16H26N2O4. The summed E-state index contributed by atoms with van der Waals surface area (Å²) in [4.78, 5) is 13.4. The van der Waals surface area contributed by atoms with Crippen molar-refractivity contribution in [3.8, 4) is 17.2 Å². The van der Waals surface area contributed by atoms with Gasteiger partial charge in [0.25, 0.3) is 0 Å². The first-order valence-electron chi connectivity index (χ1n) is 7.40. The van der Waals surface area contributed by atoms with E-state index in [1.807, 2.05) is 0 Å². The molecule has 0 aliphatic heterocycles. The Morgan fingerprint density at radius 1 is 1.09 bits per heavy atom. The quantitative estimate of drug-likeness (QED) is 0.665. The molecule has 0 fully saturated rings. The molecule has 0 aliphatic rings. The van der Waals surface area contributed by atoms with Crippen LogP contribution in [0.2, 0.25) is 0 Å². The van der Waals surface area contributed by atoms with Crippen molar-refractivity contribution in [2.45, 2.75) is 19.3 Å². The summed E-state index contributed by atoms with van der Waals surface area (Å²) in [5.74, 6) is 2.17. The summed E-state index contributed by atoms with van der Waals surface area (Å²) in [5, 5.41) is 0. The van der Waals surface area contributed by atoms with Crippen molar-refractivity contribution in [3.05, 3.63) is 18.2 Å². The van der Waals surface area contributed by atoms with Gasteiger partial charge in [-0.05, 0) is 19.4 Å². The number of nitrogens with two attached hydrogens (primary N) is 1. The standard InChI is InChI=1S/C16H26N2O4/c1-18(16(19)6-4-7-17)8-5-9-22-15-11-13(20-2)10-14(12-15)21-3/h10-12H,4-9,17H2,1-3H3. The van der Waals surface area contributed by atoms with Gasteiger partial charge in [0.2, 0.25) is 5.91 Å². The average molecular weight is 310 g/mol. The second-order valence-corrected chi connectivity index (χ2v) is 4.96. The van der Waals surface area contributed by atoms with Crippen LogP contribution < -0.4 is 19.9 Å². The van der Waals surface area contributed by atoms with Crippen LogP contribution in [0, 0.1) is 0 Å². The van der Waals surface area contributed by atoms with Crippen LogP contribution >= 0.6 is 0 Å². The van der Waals surface area contributed by atoms with Gasteiger partial charge in [0, 0.05) is 38.2 Å². The number of hydrogen-bond acceptors (Lipinski definition) is 5. The van der Waals surface area contributed by atoms with Crippen molar-refractivity contribution < 1.29 is 19.0 Å². The number of carbonyl (C=O) groups is 1. The zero-order valence-corrected chi connectivity index (χ0v) is 13.6. The van der Waals surface area contributed by atoms with Crippen LogP contribution in [0.25, 0.3) is 0 Å². The monoisotopic (exact) mass is 310 g/mol. The molecule has 1 aromatic rings. The fourth-order valence-electron chi connectivity index (χ4n) is 1.93. The normalized spacial score (nSPS) is 10.2. The first-order valence-corrected chi connectivity index (χ1v) is 7.40. The van der Waals surface area contributed by atoms with Crippen LogP contribution in [0.15, 0.2) is 18.2 Å². The average Bonchev–Trinajstić information content (AvgIpc) is 2.55. The molecule has 0 heterocycles. The molecule has 0 unspecified atom stereocenters. The fourth-order valence-corrected chi connectivity index (χ4v) is 1.93. The number of carbonyl (C=O) groups excluding carboxylic acids is 1. The second-order valence-electron chi connectivity index (χ2n) is 4.96. The smallest absolute Gasteiger partial charge is 0.222 e. The number of nitrogens with zero attached hydrogens (tertiary/aromatic N) is 1. The summed E-state index contributed by atoms with van der Waals surface area (Å²) in [5.41, 5.74) is 5.40. The van der Waals surface area contributed by atoms with Gasteiger partial charge in [-0.1, -0.05) is 0 Å². The second kappa shape index (κ2) is 9.89. The third-order valence-electron chi connectivity index (χ3n) is 3.25. The molecule has 124 valence electrons. The van der Waals surface area contributed by atoms with E-state index in [1.165, 1.54) is 0 Å². The minimum atomic E-state index is 0.119. The largest absolute Gasteiger partial charge is 0.496 e. The molecule has 0 atom stereocenters. The Labute approximate surface area is 132 Å². The fraction of sp³-hybridized carbons (Fsp3) is 0.562. The molecule has 0 spiro atoms. The van der Waals surface area contributed by atoms with Gasteiger partial charge >= 0.3 is 0 Å². The van der Waals surface area contributed by atoms with Gasteiger partial charge in [-0.25, -0.2) is 0 Å². The van der Waals surface area contributed by atoms with Gasteiger partial charge in [-0.3, -0.25) is 4.79 Å². The summed E-state index contributed by atoms with van der Waals surface area (Å²) >= 11 is 0. The Hall–Kier alpha value is -1.95. The summed E-state index contributed by atoms with van der Waals surface area (Å²) in [7, 11) is 4.99. The van der Waals surface area contributed by atoms with Crippen LogP contribution in [0.4, 0.5) is 0 Å². The van der Waals surface area contributed by atoms with Gasteiger partial charge in [-0.2, -0.15) is 0 Å². The van der Waals surface area contributed by atoms with E-state index in [9.17, 15) is 4.79 Å². The Bertz CT molecular complexity index is 443. The van der Waals surface area contributed by atoms with Crippen molar-refractivity contribution in [1.29, 1.82) is 0 Å². The molecule has 1 aromatic carbocycles. The van der Waals surface area contributed by atoms with Crippen molar-refractivity contribution >= 4 is 5.91 Å². The number of rotatable bonds is 10. The number of ether oxygens (including phenoxy) is 3. The SMILES string of the molecule is COc1cc(OC)cc(OCCCN(C)C(=O)CCCN)c1. The van der Waals surface area contributed by atoms with E-state index in [2.05, 4.69) is 0 Å². The Morgan fingerprint density at radius 2 is 1.68 bits per heavy atom. The Morgan fingerprint density at radius 3 is 2.23 bits per heavy atom. The molecule has 1 amide bonds. The maximum absolute atomic E-state index is 11.7. The molecule has 0 saturated heterocycles. The van der Waals surface area contributed by atoms with Crippen molar-refractivity contribution in [2.24, 2.45) is 5.73 Å². The lowest BCUT2D eigenvalue weighted by molar-refractivity contribution is -0.130. The summed E-state index contributed by atoms with van der Waals surface area (Å²) in [6.45, 7) is 1.72. The zero-order valence-electron chi connectivity index (χ0n) is 13.6. The van der Waals surface area contributed by atoms with E-state index in [-0.39, 0.29) is 5.91 Å². The van der Waals surface area contributed by atoms with Crippen LogP contribution in [0.5, 0.6) is 17.2 Å². The molecule has 0 radical (unpaired) electrons. The van der Waals surface area contributed by atoms with E-state index in [0.29, 0.717) is 43.4 Å². The van der Waals surface area contributed by atoms with E-state index in [0.717, 1.165) is 12.8 Å². The molecular weight excluding hydrogens is 284 g/mol. The van der Waals surface area contributed by atoms with Gasteiger partial charge in [0.05, 0.1) is 20.8 Å². The maximum atomic E-state index is 11.7. The Balaban J connectivity index is 2.36. The molecule has 6 heteroatoms. The highest BCUT2D eigenvalue weighted by molar-refractivity contribution is 5.75. The van der Waals surface area contributed by atoms with Crippen LogP contribution in [-0.2, 0) is 4.79 Å². The van der Waals surface area contributed by atoms with Gasteiger partial charge in [0.1, 0.15) is 17.2 Å². The lowest BCUT2D eigenvalue weighted by atomic mass is 10.2. The number of amides is 1. The van der Waals surface area contributed by atoms with E-state index >= 15 is 0 Å². The van der Waals surface area contributed by atoms with E-state index in [1.54, 1.807) is 44.4 Å². The molecule has 0 aromatic heterocycles. The molecule has 2 N–H and O–H groups in total. The molecule has 0 bridgehead atoms. The van der Waals surface area contributed by atoms with Gasteiger partial charge < -0.3 is 24.8 Å². The predicted molar refractivity (Wildman–Crippen MR) is 85.6 cm³/mol.